The highest BCUT2D eigenvalue weighted by Gasteiger charge is 2.34. The van der Waals surface area contributed by atoms with Crippen molar-refractivity contribution < 1.29 is 9.53 Å². The van der Waals surface area contributed by atoms with Crippen LogP contribution in [-0.2, 0) is 9.53 Å². The maximum absolute atomic E-state index is 11.3. The van der Waals surface area contributed by atoms with Crippen LogP contribution in [0.5, 0.6) is 0 Å². The fourth-order valence-corrected chi connectivity index (χ4v) is 2.06. The van der Waals surface area contributed by atoms with Crippen LogP contribution in [0.3, 0.4) is 0 Å². The van der Waals surface area contributed by atoms with Crippen LogP contribution < -0.4 is 0 Å². The molecule has 14 heavy (non-hydrogen) atoms. The Kier molecular flexibility index (Phi) is 3.32. The van der Waals surface area contributed by atoms with Crippen LogP contribution >= 0.6 is 0 Å². The fourth-order valence-electron chi connectivity index (χ4n) is 2.06. The van der Waals surface area contributed by atoms with Crippen LogP contribution in [0.25, 0.3) is 0 Å². The van der Waals surface area contributed by atoms with Gasteiger partial charge in [-0.1, -0.05) is 0 Å². The first-order valence-corrected chi connectivity index (χ1v) is 5.24. The van der Waals surface area contributed by atoms with E-state index in [-0.39, 0.29) is 23.5 Å². The van der Waals surface area contributed by atoms with Crippen LogP contribution in [0, 0.1) is 0 Å². The molecule has 0 aromatic carbocycles. The van der Waals surface area contributed by atoms with E-state index in [1.54, 1.807) is 6.92 Å². The summed E-state index contributed by atoms with van der Waals surface area (Å²) in [6.07, 6.45) is 0.209. The number of rotatable bonds is 2. The molecule has 2 atom stereocenters. The second-order valence-electron chi connectivity index (χ2n) is 4.90. The van der Waals surface area contributed by atoms with Gasteiger partial charge >= 0.3 is 0 Å². The Labute approximate surface area is 86.4 Å². The Bertz CT molecular complexity index is 225. The molecule has 1 aliphatic rings. The molecule has 0 aliphatic carbocycles. The number of Topliss-reactive ketones (excluding diaryl/α,β-unsaturated/α-hetero) is 1. The maximum atomic E-state index is 11.3. The van der Waals surface area contributed by atoms with Crippen molar-refractivity contribution in [2.75, 3.05) is 13.1 Å². The van der Waals surface area contributed by atoms with Crippen LogP contribution in [0.15, 0.2) is 0 Å². The number of ether oxygens (including phenoxy) is 1. The molecule has 1 heterocycles. The van der Waals surface area contributed by atoms with Gasteiger partial charge in [-0.25, -0.2) is 0 Å². The van der Waals surface area contributed by atoms with Gasteiger partial charge in [0, 0.05) is 13.1 Å². The summed E-state index contributed by atoms with van der Waals surface area (Å²) in [4.78, 5) is 13.5. The molecular weight excluding hydrogens is 178 g/mol. The lowest BCUT2D eigenvalue weighted by atomic mass is 10.0. The number of carbonyl (C=O) groups is 1. The highest BCUT2D eigenvalue weighted by molar-refractivity contribution is 5.80. The third-order valence-corrected chi connectivity index (χ3v) is 2.73. The van der Waals surface area contributed by atoms with E-state index in [0.29, 0.717) is 0 Å². The Hall–Kier alpha value is -0.410. The first kappa shape index (κ1) is 11.7. The Balaban J connectivity index is 2.66. The zero-order valence-electron chi connectivity index (χ0n) is 9.83. The van der Waals surface area contributed by atoms with Crippen molar-refractivity contribution in [3.05, 3.63) is 0 Å². The third kappa shape index (κ3) is 2.79. The molecule has 1 saturated heterocycles. The van der Waals surface area contributed by atoms with Gasteiger partial charge < -0.3 is 4.74 Å². The van der Waals surface area contributed by atoms with Crippen molar-refractivity contribution >= 4 is 5.78 Å². The average Bonchev–Trinajstić information content (AvgIpc) is 1.98. The Morgan fingerprint density at radius 3 is 2.57 bits per heavy atom. The number of hydrogen-bond acceptors (Lipinski definition) is 3. The summed E-state index contributed by atoms with van der Waals surface area (Å²) in [7, 11) is 0. The summed E-state index contributed by atoms with van der Waals surface area (Å²) in [5, 5.41) is 0. The standard InChI is InChI=1S/C11H21NO2/c1-8-6-12(9(2)10(3)13)7-11(4,5)14-8/h8-9H,6-7H2,1-5H3. The molecule has 0 spiro atoms. The van der Waals surface area contributed by atoms with Gasteiger partial charge in [-0.2, -0.15) is 0 Å². The number of morpholine rings is 1. The first-order chi connectivity index (χ1) is 6.32. The summed E-state index contributed by atoms with van der Waals surface area (Å²) in [6.45, 7) is 11.5. The Morgan fingerprint density at radius 1 is 1.57 bits per heavy atom. The predicted octanol–water partition coefficient (Wildman–Crippen LogP) is 1.46. The molecule has 0 N–H and O–H groups in total. The van der Waals surface area contributed by atoms with Crippen molar-refractivity contribution in [3.8, 4) is 0 Å². The van der Waals surface area contributed by atoms with E-state index in [9.17, 15) is 4.79 Å². The second kappa shape index (κ2) is 3.99. The normalized spacial score (nSPS) is 29.9. The summed E-state index contributed by atoms with van der Waals surface area (Å²) < 4.78 is 5.78. The van der Waals surface area contributed by atoms with Crippen LogP contribution in [0.1, 0.15) is 34.6 Å². The number of nitrogens with zero attached hydrogens (tertiary/aromatic N) is 1. The van der Waals surface area contributed by atoms with Crippen molar-refractivity contribution in [2.24, 2.45) is 0 Å². The number of ketones is 1. The van der Waals surface area contributed by atoms with E-state index in [4.69, 9.17) is 4.74 Å². The molecule has 0 aromatic rings. The van der Waals surface area contributed by atoms with Crippen molar-refractivity contribution in [1.29, 1.82) is 0 Å². The minimum absolute atomic E-state index is 0.0145. The molecule has 0 radical (unpaired) electrons. The second-order valence-corrected chi connectivity index (χ2v) is 4.90. The lowest BCUT2D eigenvalue weighted by Crippen LogP contribution is -2.55. The topological polar surface area (TPSA) is 29.5 Å². The van der Waals surface area contributed by atoms with Gasteiger partial charge in [-0.3, -0.25) is 9.69 Å². The zero-order chi connectivity index (χ0) is 10.9. The average molecular weight is 199 g/mol. The van der Waals surface area contributed by atoms with E-state index in [1.165, 1.54) is 0 Å². The van der Waals surface area contributed by atoms with Gasteiger partial charge in [0.2, 0.25) is 0 Å². The molecular formula is C11H21NO2. The van der Waals surface area contributed by atoms with E-state index < -0.39 is 0 Å². The monoisotopic (exact) mass is 199 g/mol. The number of carbonyl (C=O) groups excluding carboxylic acids is 1. The Morgan fingerprint density at radius 2 is 2.14 bits per heavy atom. The number of hydrogen-bond donors (Lipinski definition) is 0. The summed E-state index contributed by atoms with van der Waals surface area (Å²) >= 11 is 0. The highest BCUT2D eigenvalue weighted by atomic mass is 16.5. The van der Waals surface area contributed by atoms with Gasteiger partial charge in [0.05, 0.1) is 17.7 Å². The van der Waals surface area contributed by atoms with Crippen LogP contribution in [-0.4, -0.2) is 41.5 Å². The zero-order valence-corrected chi connectivity index (χ0v) is 9.83. The molecule has 3 nitrogen and oxygen atoms in total. The molecule has 0 saturated carbocycles. The molecule has 1 fully saturated rings. The highest BCUT2D eigenvalue weighted by Crippen LogP contribution is 2.22. The summed E-state index contributed by atoms with van der Waals surface area (Å²) in [5.74, 6) is 0.231. The van der Waals surface area contributed by atoms with Gasteiger partial charge in [-0.05, 0) is 34.6 Å². The first-order valence-electron chi connectivity index (χ1n) is 5.24. The van der Waals surface area contributed by atoms with Crippen molar-refractivity contribution in [3.63, 3.8) is 0 Å². The van der Waals surface area contributed by atoms with Gasteiger partial charge in [0.1, 0.15) is 5.78 Å². The lowest BCUT2D eigenvalue weighted by Gasteiger charge is -2.43. The maximum Gasteiger partial charge on any atom is 0.146 e. The molecule has 0 amide bonds. The van der Waals surface area contributed by atoms with Crippen LogP contribution in [0.4, 0.5) is 0 Å². The minimum Gasteiger partial charge on any atom is -0.370 e. The summed E-state index contributed by atoms with van der Waals surface area (Å²) in [5.41, 5.74) is -0.138. The fraction of sp³-hybridized carbons (Fsp3) is 0.909. The van der Waals surface area contributed by atoms with Crippen molar-refractivity contribution in [2.45, 2.75) is 52.4 Å². The minimum atomic E-state index is -0.138. The molecule has 1 aliphatic heterocycles. The van der Waals surface area contributed by atoms with Gasteiger partial charge in [0.15, 0.2) is 0 Å². The molecule has 0 bridgehead atoms. The van der Waals surface area contributed by atoms with E-state index >= 15 is 0 Å². The smallest absolute Gasteiger partial charge is 0.146 e. The summed E-state index contributed by atoms with van der Waals surface area (Å²) in [6, 6.07) is 0.0145. The SMILES string of the molecule is CC(=O)C(C)N1CC(C)OC(C)(C)C1. The molecule has 2 unspecified atom stereocenters. The molecule has 3 heteroatoms. The predicted molar refractivity (Wildman–Crippen MR) is 56.3 cm³/mol. The quantitative estimate of drug-likeness (QED) is 0.674. The lowest BCUT2D eigenvalue weighted by molar-refractivity contribution is -0.145. The molecule has 1 rings (SSSR count). The van der Waals surface area contributed by atoms with Crippen LogP contribution in [0.2, 0.25) is 0 Å². The largest absolute Gasteiger partial charge is 0.370 e. The molecule has 0 aromatic heterocycles. The van der Waals surface area contributed by atoms with E-state index in [1.807, 2.05) is 6.92 Å². The van der Waals surface area contributed by atoms with Crippen molar-refractivity contribution in [1.82, 2.24) is 4.90 Å². The molecule has 82 valence electrons. The van der Waals surface area contributed by atoms with Gasteiger partial charge in [0.25, 0.3) is 0 Å². The van der Waals surface area contributed by atoms with Gasteiger partial charge in [-0.15, -0.1) is 0 Å². The third-order valence-electron chi connectivity index (χ3n) is 2.73. The van der Waals surface area contributed by atoms with E-state index in [0.717, 1.165) is 13.1 Å². The van der Waals surface area contributed by atoms with E-state index in [2.05, 4.69) is 25.7 Å².